The molecule has 0 aliphatic rings. The molecule has 0 aliphatic heterocycles. The summed E-state index contributed by atoms with van der Waals surface area (Å²) in [7, 11) is 0. The average molecular weight is 379 g/mol. The molecule has 26 heavy (non-hydrogen) atoms. The van der Waals surface area contributed by atoms with Crippen molar-refractivity contribution in [3.05, 3.63) is 59.8 Å². The normalized spacial score (nSPS) is 11.0. The van der Waals surface area contributed by atoms with E-state index < -0.39 is 11.7 Å². The van der Waals surface area contributed by atoms with Crippen LogP contribution in [0, 0.1) is 11.3 Å². The minimum Gasteiger partial charge on any atom is -0.337 e. The zero-order chi connectivity index (χ0) is 19.0. The van der Waals surface area contributed by atoms with Gasteiger partial charge in [0.25, 0.3) is 0 Å². The molecule has 0 saturated carbocycles. The summed E-state index contributed by atoms with van der Waals surface area (Å²) in [6.07, 6.45) is -3.47. The summed E-state index contributed by atoms with van der Waals surface area (Å²) in [5.74, 6) is -0.160. The minimum absolute atomic E-state index is 0.0383. The molecule has 0 bridgehead atoms. The highest BCUT2D eigenvalue weighted by molar-refractivity contribution is 7.99. The Bertz CT molecular complexity index is 758. The molecular formula is C18H16F3N3OS. The number of rotatable bonds is 7. The van der Waals surface area contributed by atoms with Crippen molar-refractivity contribution in [2.75, 3.05) is 12.3 Å². The van der Waals surface area contributed by atoms with E-state index in [0.29, 0.717) is 18.1 Å². The van der Waals surface area contributed by atoms with Crippen molar-refractivity contribution in [3.8, 4) is 6.07 Å². The van der Waals surface area contributed by atoms with Crippen molar-refractivity contribution in [2.24, 2.45) is 0 Å². The van der Waals surface area contributed by atoms with Gasteiger partial charge in [-0.05, 0) is 17.7 Å². The molecular weight excluding hydrogens is 363 g/mol. The van der Waals surface area contributed by atoms with Crippen LogP contribution in [0.15, 0.2) is 53.7 Å². The van der Waals surface area contributed by atoms with Crippen LogP contribution >= 0.6 is 11.8 Å². The van der Waals surface area contributed by atoms with E-state index in [4.69, 9.17) is 5.26 Å². The number of hydrogen-bond acceptors (Lipinski definition) is 4. The number of nitriles is 1. The molecule has 0 aliphatic carbocycles. The van der Waals surface area contributed by atoms with E-state index in [1.54, 1.807) is 4.90 Å². The maximum atomic E-state index is 12.5. The van der Waals surface area contributed by atoms with Crippen molar-refractivity contribution < 1.29 is 18.0 Å². The molecule has 0 saturated heterocycles. The van der Waals surface area contributed by atoms with Crippen molar-refractivity contribution in [1.82, 2.24) is 9.88 Å². The number of aromatic nitrogens is 1. The first-order chi connectivity index (χ1) is 12.4. The van der Waals surface area contributed by atoms with Crippen LogP contribution in [0.25, 0.3) is 0 Å². The fourth-order valence-electron chi connectivity index (χ4n) is 2.14. The molecule has 0 N–H and O–H groups in total. The number of amides is 1. The van der Waals surface area contributed by atoms with E-state index in [-0.39, 0.29) is 18.1 Å². The van der Waals surface area contributed by atoms with Gasteiger partial charge in [0.2, 0.25) is 5.91 Å². The van der Waals surface area contributed by atoms with Crippen LogP contribution in [0.4, 0.5) is 13.2 Å². The lowest BCUT2D eigenvalue weighted by Gasteiger charge is -2.21. The molecule has 1 aromatic carbocycles. The van der Waals surface area contributed by atoms with E-state index in [9.17, 15) is 18.0 Å². The number of carbonyl (C=O) groups excluding carboxylic acids is 1. The Morgan fingerprint density at radius 3 is 2.50 bits per heavy atom. The third kappa shape index (κ3) is 6.08. The van der Waals surface area contributed by atoms with E-state index in [2.05, 4.69) is 4.98 Å². The standard InChI is InChI=1S/C18H16F3N3OS/c19-18(20,21)15-7-8-16(23-11-15)26-13-17(25)24(10-4-9-22)12-14-5-2-1-3-6-14/h1-3,5-8,11H,4,10,12-13H2. The second-order valence-corrected chi connectivity index (χ2v) is 6.38. The predicted molar refractivity (Wildman–Crippen MR) is 92.1 cm³/mol. The highest BCUT2D eigenvalue weighted by atomic mass is 32.2. The fraction of sp³-hybridized carbons (Fsp3) is 0.278. The zero-order valence-electron chi connectivity index (χ0n) is 13.7. The number of alkyl halides is 3. The Hall–Kier alpha value is -2.53. The van der Waals surface area contributed by atoms with Gasteiger partial charge in [0.15, 0.2) is 0 Å². The predicted octanol–water partition coefficient (Wildman–Crippen LogP) is 4.13. The monoisotopic (exact) mass is 379 g/mol. The number of pyridine rings is 1. The topological polar surface area (TPSA) is 57.0 Å². The average Bonchev–Trinajstić information content (AvgIpc) is 2.63. The molecule has 136 valence electrons. The molecule has 1 aromatic heterocycles. The van der Waals surface area contributed by atoms with Gasteiger partial charge < -0.3 is 4.90 Å². The summed E-state index contributed by atoms with van der Waals surface area (Å²) in [4.78, 5) is 17.7. The number of hydrogen-bond donors (Lipinski definition) is 0. The van der Waals surface area contributed by atoms with Crippen LogP contribution in [0.2, 0.25) is 0 Å². The molecule has 0 unspecified atom stereocenters. The summed E-state index contributed by atoms with van der Waals surface area (Å²) < 4.78 is 37.6. The lowest BCUT2D eigenvalue weighted by atomic mass is 10.2. The van der Waals surface area contributed by atoms with Crippen LogP contribution in [0.3, 0.4) is 0 Å². The van der Waals surface area contributed by atoms with Gasteiger partial charge in [-0.1, -0.05) is 42.1 Å². The van der Waals surface area contributed by atoms with Gasteiger partial charge in [0.1, 0.15) is 0 Å². The quantitative estimate of drug-likeness (QED) is 0.679. The second kappa shape index (κ2) is 9.25. The highest BCUT2D eigenvalue weighted by Gasteiger charge is 2.30. The molecule has 0 fully saturated rings. The molecule has 0 radical (unpaired) electrons. The Kier molecular flexibility index (Phi) is 7.04. The lowest BCUT2D eigenvalue weighted by molar-refractivity contribution is -0.138. The van der Waals surface area contributed by atoms with Crippen LogP contribution < -0.4 is 0 Å². The maximum Gasteiger partial charge on any atom is 0.417 e. The molecule has 0 spiro atoms. The van der Waals surface area contributed by atoms with Crippen molar-refractivity contribution >= 4 is 17.7 Å². The Labute approximate surface area is 153 Å². The summed E-state index contributed by atoms with van der Waals surface area (Å²) in [5.41, 5.74) is 0.115. The number of carbonyl (C=O) groups is 1. The van der Waals surface area contributed by atoms with E-state index in [1.165, 1.54) is 6.07 Å². The first-order valence-corrected chi connectivity index (χ1v) is 8.73. The van der Waals surface area contributed by atoms with Gasteiger partial charge in [-0.15, -0.1) is 0 Å². The molecule has 1 heterocycles. The summed E-state index contributed by atoms with van der Waals surface area (Å²) in [5, 5.41) is 9.11. The summed E-state index contributed by atoms with van der Waals surface area (Å²) >= 11 is 1.07. The lowest BCUT2D eigenvalue weighted by Crippen LogP contribution is -2.32. The molecule has 2 rings (SSSR count). The zero-order valence-corrected chi connectivity index (χ0v) is 14.6. The van der Waals surface area contributed by atoms with Crippen molar-refractivity contribution in [1.29, 1.82) is 5.26 Å². The second-order valence-electron chi connectivity index (χ2n) is 5.38. The Morgan fingerprint density at radius 1 is 1.19 bits per heavy atom. The van der Waals surface area contributed by atoms with Crippen LogP contribution in [-0.4, -0.2) is 28.1 Å². The largest absolute Gasteiger partial charge is 0.417 e. The first-order valence-electron chi connectivity index (χ1n) is 7.75. The number of halogens is 3. The number of thioether (sulfide) groups is 1. The number of nitrogens with zero attached hydrogens (tertiary/aromatic N) is 3. The van der Waals surface area contributed by atoms with E-state index in [0.717, 1.165) is 29.6 Å². The highest BCUT2D eigenvalue weighted by Crippen LogP contribution is 2.29. The first kappa shape index (κ1) is 19.8. The van der Waals surface area contributed by atoms with E-state index in [1.807, 2.05) is 36.4 Å². The van der Waals surface area contributed by atoms with Gasteiger partial charge >= 0.3 is 6.18 Å². The molecule has 1 amide bonds. The smallest absolute Gasteiger partial charge is 0.337 e. The van der Waals surface area contributed by atoms with Gasteiger partial charge in [-0.2, -0.15) is 18.4 Å². The van der Waals surface area contributed by atoms with E-state index >= 15 is 0 Å². The van der Waals surface area contributed by atoms with Crippen LogP contribution in [0.5, 0.6) is 0 Å². The molecule has 0 atom stereocenters. The van der Waals surface area contributed by atoms with Crippen molar-refractivity contribution in [2.45, 2.75) is 24.2 Å². The molecule has 2 aromatic rings. The third-order valence-electron chi connectivity index (χ3n) is 3.47. The Morgan fingerprint density at radius 2 is 1.92 bits per heavy atom. The molecule has 8 heteroatoms. The van der Waals surface area contributed by atoms with Crippen LogP contribution in [-0.2, 0) is 17.5 Å². The summed E-state index contributed by atoms with van der Waals surface area (Å²) in [6, 6.07) is 13.6. The minimum atomic E-state index is -4.43. The van der Waals surface area contributed by atoms with Gasteiger partial charge in [0.05, 0.1) is 28.8 Å². The molecule has 4 nitrogen and oxygen atoms in total. The SMILES string of the molecule is N#CCCN(Cc1ccccc1)C(=O)CSc1ccc(C(F)(F)F)cn1. The van der Waals surface area contributed by atoms with Gasteiger partial charge in [-0.25, -0.2) is 4.98 Å². The number of benzene rings is 1. The van der Waals surface area contributed by atoms with Crippen molar-refractivity contribution in [3.63, 3.8) is 0 Å². The fourth-order valence-corrected chi connectivity index (χ4v) is 2.89. The third-order valence-corrected chi connectivity index (χ3v) is 4.40. The van der Waals surface area contributed by atoms with Gasteiger partial charge in [0, 0.05) is 19.3 Å². The van der Waals surface area contributed by atoms with Crippen LogP contribution in [0.1, 0.15) is 17.5 Å². The Balaban J connectivity index is 1.97. The van der Waals surface area contributed by atoms with Gasteiger partial charge in [-0.3, -0.25) is 4.79 Å². The summed E-state index contributed by atoms with van der Waals surface area (Å²) in [6.45, 7) is 0.674. The maximum absolute atomic E-state index is 12.5.